The van der Waals surface area contributed by atoms with E-state index in [2.05, 4.69) is 27.0 Å². The van der Waals surface area contributed by atoms with Crippen molar-refractivity contribution < 1.29 is 5.32 Å². The zero-order valence-electron chi connectivity index (χ0n) is 5.07. The van der Waals surface area contributed by atoms with Crippen LogP contribution in [0.25, 0.3) is 0 Å². The molecule has 0 spiro atoms. The summed E-state index contributed by atoms with van der Waals surface area (Å²) in [6.45, 7) is 5.18. The van der Waals surface area contributed by atoms with E-state index in [1.165, 1.54) is 5.57 Å². The maximum Gasteiger partial charge on any atom is 0.0704 e. The zero-order chi connectivity index (χ0) is 5.70. The smallest absolute Gasteiger partial charge is 0.0704 e. The van der Waals surface area contributed by atoms with Gasteiger partial charge >= 0.3 is 0 Å². The van der Waals surface area contributed by atoms with Crippen LogP contribution < -0.4 is 5.32 Å². The number of hydrogen-bond acceptors (Lipinski definition) is 0. The molecule has 42 valence electrons. The fraction of sp³-hybridized carbons (Fsp3) is 0.500. The Morgan fingerprint density at radius 2 is 2.29 bits per heavy atom. The minimum Gasteiger partial charge on any atom is -0.476 e. The van der Waals surface area contributed by atoms with Crippen LogP contribution >= 0.6 is 0 Å². The standard InChI is InChI=1S/C6H13N/c1-6(2)4-5-7-3/h4H,3,5,7H2,1-2H3. The Morgan fingerprint density at radius 1 is 1.71 bits per heavy atom. The van der Waals surface area contributed by atoms with Crippen molar-refractivity contribution in [1.29, 1.82) is 0 Å². The van der Waals surface area contributed by atoms with Gasteiger partial charge in [-0.25, -0.2) is 0 Å². The summed E-state index contributed by atoms with van der Waals surface area (Å²) in [5.74, 6) is 0. The van der Waals surface area contributed by atoms with Crippen molar-refractivity contribution in [3.05, 3.63) is 18.7 Å². The monoisotopic (exact) mass is 99.1 g/mol. The highest BCUT2D eigenvalue weighted by atomic mass is 14.8. The lowest BCUT2D eigenvalue weighted by molar-refractivity contribution is -0.585. The summed E-state index contributed by atoms with van der Waals surface area (Å²) in [5.41, 5.74) is 1.36. The van der Waals surface area contributed by atoms with Crippen LogP contribution in [0.2, 0.25) is 0 Å². The molecule has 1 nitrogen and oxygen atoms in total. The van der Waals surface area contributed by atoms with Crippen molar-refractivity contribution in [1.82, 2.24) is 0 Å². The third-order valence-electron chi connectivity index (χ3n) is 0.693. The van der Waals surface area contributed by atoms with E-state index in [-0.39, 0.29) is 0 Å². The van der Waals surface area contributed by atoms with E-state index >= 15 is 0 Å². The number of allylic oxidation sites excluding steroid dienone is 1. The summed E-state index contributed by atoms with van der Waals surface area (Å²) in [5, 5.41) is 1.90. The molecule has 0 aliphatic rings. The molecule has 0 aromatic carbocycles. The first kappa shape index (κ1) is 6.70. The molecule has 0 fully saturated rings. The Labute approximate surface area is 45.4 Å². The average molecular weight is 99.2 g/mol. The number of nitrogens with two attached hydrogens (primary N) is 1. The Balaban J connectivity index is 3.08. The second-order valence-electron chi connectivity index (χ2n) is 1.81. The lowest BCUT2D eigenvalue weighted by Crippen LogP contribution is -2.76. The van der Waals surface area contributed by atoms with Gasteiger partial charge in [-0.2, -0.15) is 7.05 Å². The number of hydrogen-bond donors (Lipinski definition) is 1. The van der Waals surface area contributed by atoms with Gasteiger partial charge in [0, 0.05) is 0 Å². The molecule has 0 aliphatic heterocycles. The molecule has 0 aromatic heterocycles. The molecule has 0 rings (SSSR count). The topological polar surface area (TPSA) is 16.6 Å². The highest BCUT2D eigenvalue weighted by molar-refractivity contribution is 4.91. The maximum atomic E-state index is 3.59. The average Bonchev–Trinajstić information content (AvgIpc) is 1.61. The SMILES string of the molecule is [CH2-][NH2+]CC=C(C)C. The van der Waals surface area contributed by atoms with Gasteiger partial charge < -0.3 is 5.32 Å². The minimum atomic E-state index is 1.00. The normalized spacial score (nSPS) is 8.43. The first-order chi connectivity index (χ1) is 3.27. The summed E-state index contributed by atoms with van der Waals surface area (Å²) >= 11 is 0. The molecule has 0 unspecified atom stereocenters. The molecule has 7 heavy (non-hydrogen) atoms. The van der Waals surface area contributed by atoms with Gasteiger partial charge in [0.1, 0.15) is 0 Å². The van der Waals surface area contributed by atoms with Crippen molar-refractivity contribution in [3.63, 3.8) is 0 Å². The lowest BCUT2D eigenvalue weighted by atomic mass is 10.3. The van der Waals surface area contributed by atoms with Gasteiger partial charge in [-0.3, -0.25) is 0 Å². The van der Waals surface area contributed by atoms with Crippen LogP contribution in [-0.4, -0.2) is 6.54 Å². The molecule has 0 amide bonds. The van der Waals surface area contributed by atoms with Gasteiger partial charge in [0.25, 0.3) is 0 Å². The third-order valence-corrected chi connectivity index (χ3v) is 0.693. The molecule has 0 aliphatic carbocycles. The minimum absolute atomic E-state index is 1.00. The van der Waals surface area contributed by atoms with Crippen molar-refractivity contribution in [2.75, 3.05) is 6.54 Å². The second kappa shape index (κ2) is 3.88. The van der Waals surface area contributed by atoms with E-state index in [0.29, 0.717) is 0 Å². The fourth-order valence-electron chi connectivity index (χ4n) is 0.319. The molecule has 0 aromatic rings. The molecule has 0 bridgehead atoms. The van der Waals surface area contributed by atoms with E-state index in [9.17, 15) is 0 Å². The van der Waals surface area contributed by atoms with E-state index in [1.807, 2.05) is 5.32 Å². The van der Waals surface area contributed by atoms with Crippen LogP contribution in [0, 0.1) is 7.05 Å². The number of rotatable bonds is 2. The lowest BCUT2D eigenvalue weighted by Gasteiger charge is -1.91. The van der Waals surface area contributed by atoms with Crippen LogP contribution in [0.5, 0.6) is 0 Å². The molecule has 0 radical (unpaired) electrons. The zero-order valence-corrected chi connectivity index (χ0v) is 5.07. The molecular weight excluding hydrogens is 86.1 g/mol. The summed E-state index contributed by atoms with van der Waals surface area (Å²) in [6, 6.07) is 0. The Kier molecular flexibility index (Phi) is 3.71. The molecule has 2 N–H and O–H groups in total. The fourth-order valence-corrected chi connectivity index (χ4v) is 0.319. The van der Waals surface area contributed by atoms with Crippen molar-refractivity contribution in [3.8, 4) is 0 Å². The van der Waals surface area contributed by atoms with Gasteiger partial charge in [0.2, 0.25) is 0 Å². The van der Waals surface area contributed by atoms with Crippen LogP contribution in [-0.2, 0) is 0 Å². The van der Waals surface area contributed by atoms with Crippen LogP contribution in [0.3, 0.4) is 0 Å². The van der Waals surface area contributed by atoms with Crippen molar-refractivity contribution in [2.45, 2.75) is 13.8 Å². The molecule has 0 saturated carbocycles. The van der Waals surface area contributed by atoms with Gasteiger partial charge in [0.15, 0.2) is 0 Å². The van der Waals surface area contributed by atoms with Gasteiger partial charge in [0.05, 0.1) is 6.54 Å². The third kappa shape index (κ3) is 5.70. The first-order valence-corrected chi connectivity index (χ1v) is 2.51. The Bertz CT molecular complexity index is 60.6. The van der Waals surface area contributed by atoms with E-state index in [4.69, 9.17) is 0 Å². The summed E-state index contributed by atoms with van der Waals surface area (Å²) < 4.78 is 0. The second-order valence-corrected chi connectivity index (χ2v) is 1.81. The van der Waals surface area contributed by atoms with Crippen LogP contribution in [0.4, 0.5) is 0 Å². The highest BCUT2D eigenvalue weighted by Gasteiger charge is 1.71. The van der Waals surface area contributed by atoms with E-state index in [0.717, 1.165) is 6.54 Å². The van der Waals surface area contributed by atoms with Gasteiger partial charge in [-0.1, -0.05) is 5.57 Å². The highest BCUT2D eigenvalue weighted by Crippen LogP contribution is 1.82. The first-order valence-electron chi connectivity index (χ1n) is 2.51. The Morgan fingerprint density at radius 3 is 2.43 bits per heavy atom. The summed E-state index contributed by atoms with van der Waals surface area (Å²) in [4.78, 5) is 0. The maximum absolute atomic E-state index is 3.59. The summed E-state index contributed by atoms with van der Waals surface area (Å²) in [6.07, 6.45) is 2.15. The predicted molar refractivity (Wildman–Crippen MR) is 31.6 cm³/mol. The van der Waals surface area contributed by atoms with Crippen LogP contribution in [0.1, 0.15) is 13.8 Å². The Hall–Kier alpha value is -0.300. The van der Waals surface area contributed by atoms with Gasteiger partial charge in [-0.15, -0.1) is 0 Å². The van der Waals surface area contributed by atoms with E-state index < -0.39 is 0 Å². The van der Waals surface area contributed by atoms with Gasteiger partial charge in [-0.05, 0) is 19.9 Å². The number of quaternary nitrogens is 1. The molecule has 0 heterocycles. The molecule has 0 atom stereocenters. The molecule has 0 saturated heterocycles. The summed E-state index contributed by atoms with van der Waals surface area (Å²) in [7, 11) is 3.59. The molecule has 1 heteroatoms. The van der Waals surface area contributed by atoms with Crippen molar-refractivity contribution in [2.24, 2.45) is 0 Å². The van der Waals surface area contributed by atoms with E-state index in [1.54, 1.807) is 0 Å². The van der Waals surface area contributed by atoms with Crippen LogP contribution in [0.15, 0.2) is 11.6 Å². The predicted octanol–water partition coefficient (Wildman–Crippen LogP) is 0.308. The quantitative estimate of drug-likeness (QED) is 0.379. The molecular formula is C6H13N. The van der Waals surface area contributed by atoms with Crippen molar-refractivity contribution >= 4 is 0 Å². The largest absolute Gasteiger partial charge is 0.476 e.